The Morgan fingerprint density at radius 1 is 0.632 bits per heavy atom. The standard InChI is InChI=1S/C32H41NO4S/c1-20(2)25-16-12-17-26(21(3)4)29(25)33-38(35,36)31(24-14-10-9-11-15-24)32(34)37-30-27(22(5)6)18-13-19-28(30)23(7)8/h9-23,31,33H,1-8H3. The molecule has 1 N–H and O–H groups in total. The summed E-state index contributed by atoms with van der Waals surface area (Å²) in [5.74, 6) is -0.0307. The van der Waals surface area contributed by atoms with E-state index in [9.17, 15) is 13.2 Å². The summed E-state index contributed by atoms with van der Waals surface area (Å²) in [6.45, 7) is 16.2. The summed E-state index contributed by atoms with van der Waals surface area (Å²) >= 11 is 0. The van der Waals surface area contributed by atoms with Crippen LogP contribution in [0.4, 0.5) is 5.69 Å². The van der Waals surface area contributed by atoms with Gasteiger partial charge in [-0.3, -0.25) is 4.72 Å². The molecule has 0 aliphatic carbocycles. The van der Waals surface area contributed by atoms with Crippen molar-refractivity contribution in [2.45, 2.75) is 84.3 Å². The third-order valence-electron chi connectivity index (χ3n) is 6.77. The fourth-order valence-corrected chi connectivity index (χ4v) is 6.15. The average Bonchev–Trinajstić information content (AvgIpc) is 2.84. The minimum absolute atomic E-state index is 0.0834. The van der Waals surface area contributed by atoms with Gasteiger partial charge in [-0.25, -0.2) is 13.2 Å². The lowest BCUT2D eigenvalue weighted by Crippen LogP contribution is -2.32. The van der Waals surface area contributed by atoms with Crippen molar-refractivity contribution in [2.24, 2.45) is 0 Å². The van der Waals surface area contributed by atoms with Crippen molar-refractivity contribution < 1.29 is 17.9 Å². The summed E-state index contributed by atoms with van der Waals surface area (Å²) < 4.78 is 37.1. The molecule has 0 spiro atoms. The molecule has 3 aromatic carbocycles. The van der Waals surface area contributed by atoms with Gasteiger partial charge in [-0.15, -0.1) is 0 Å². The summed E-state index contributed by atoms with van der Waals surface area (Å²) in [5, 5.41) is -1.55. The minimum Gasteiger partial charge on any atom is -0.425 e. The van der Waals surface area contributed by atoms with Crippen LogP contribution >= 0.6 is 0 Å². The second-order valence-corrected chi connectivity index (χ2v) is 12.8. The van der Waals surface area contributed by atoms with Crippen molar-refractivity contribution in [3.8, 4) is 5.75 Å². The molecule has 0 heterocycles. The van der Waals surface area contributed by atoms with Crippen LogP contribution in [-0.4, -0.2) is 14.4 Å². The molecule has 6 heteroatoms. The molecular formula is C32H41NO4S. The number of ether oxygens (including phenoxy) is 1. The third-order valence-corrected chi connectivity index (χ3v) is 8.34. The maximum absolute atomic E-state index is 14.1. The van der Waals surface area contributed by atoms with E-state index in [0.717, 1.165) is 22.3 Å². The average molecular weight is 536 g/mol. The van der Waals surface area contributed by atoms with E-state index >= 15 is 0 Å². The number of rotatable bonds is 10. The maximum atomic E-state index is 14.1. The fourth-order valence-electron chi connectivity index (χ4n) is 4.69. The number of esters is 1. The van der Waals surface area contributed by atoms with Gasteiger partial charge in [0.25, 0.3) is 10.0 Å². The Morgan fingerprint density at radius 3 is 1.47 bits per heavy atom. The van der Waals surface area contributed by atoms with E-state index in [4.69, 9.17) is 4.74 Å². The fraction of sp³-hybridized carbons (Fsp3) is 0.406. The monoisotopic (exact) mass is 535 g/mol. The Labute approximate surface area is 228 Å². The largest absolute Gasteiger partial charge is 0.425 e. The molecule has 0 aromatic heterocycles. The molecule has 1 atom stereocenters. The van der Waals surface area contributed by atoms with E-state index in [0.29, 0.717) is 17.0 Å². The Balaban J connectivity index is 2.15. The molecule has 0 saturated carbocycles. The number of hydrogen-bond donors (Lipinski definition) is 1. The quantitative estimate of drug-likeness (QED) is 0.209. The van der Waals surface area contributed by atoms with Crippen LogP contribution in [-0.2, 0) is 14.8 Å². The van der Waals surface area contributed by atoms with Crippen LogP contribution in [0, 0.1) is 0 Å². The Morgan fingerprint density at radius 2 is 1.05 bits per heavy atom. The predicted octanol–water partition coefficient (Wildman–Crippen LogP) is 8.27. The zero-order valence-electron chi connectivity index (χ0n) is 23.8. The number of carbonyl (C=O) groups excluding carboxylic acids is 1. The summed E-state index contributed by atoms with van der Waals surface area (Å²) in [6.07, 6.45) is 0. The van der Waals surface area contributed by atoms with Crippen molar-refractivity contribution in [1.29, 1.82) is 0 Å². The van der Waals surface area contributed by atoms with Gasteiger partial charge in [0.1, 0.15) is 5.75 Å². The van der Waals surface area contributed by atoms with E-state index in [1.54, 1.807) is 30.3 Å². The van der Waals surface area contributed by atoms with Crippen molar-refractivity contribution in [1.82, 2.24) is 0 Å². The van der Waals surface area contributed by atoms with E-state index in [1.165, 1.54) is 0 Å². The van der Waals surface area contributed by atoms with Crippen LogP contribution in [0.1, 0.15) is 112 Å². The lowest BCUT2D eigenvalue weighted by atomic mass is 9.93. The normalized spacial score (nSPS) is 12.8. The molecule has 38 heavy (non-hydrogen) atoms. The summed E-state index contributed by atoms with van der Waals surface area (Å²) in [4.78, 5) is 13.9. The highest BCUT2D eigenvalue weighted by atomic mass is 32.2. The SMILES string of the molecule is CC(C)c1cccc(C(C)C)c1NS(=O)(=O)C(C(=O)Oc1c(C(C)C)cccc1C(C)C)c1ccccc1. The van der Waals surface area contributed by atoms with Crippen molar-refractivity contribution >= 4 is 21.7 Å². The highest BCUT2D eigenvalue weighted by molar-refractivity contribution is 7.93. The van der Waals surface area contributed by atoms with Gasteiger partial charge in [0, 0.05) is 0 Å². The third kappa shape index (κ3) is 6.47. The zero-order valence-corrected chi connectivity index (χ0v) is 24.6. The molecule has 1 unspecified atom stereocenters. The second-order valence-electron chi connectivity index (χ2n) is 11.1. The maximum Gasteiger partial charge on any atom is 0.336 e. The first-order valence-corrected chi connectivity index (χ1v) is 14.9. The summed E-state index contributed by atoms with van der Waals surface area (Å²) in [6, 6.07) is 20.2. The minimum atomic E-state index is -4.25. The van der Waals surface area contributed by atoms with Gasteiger partial charge in [-0.2, -0.15) is 0 Å². The number of nitrogens with one attached hydrogen (secondary N) is 1. The molecular weight excluding hydrogens is 494 g/mol. The molecule has 3 aromatic rings. The molecule has 0 amide bonds. The highest BCUT2D eigenvalue weighted by Gasteiger charge is 2.38. The molecule has 0 radical (unpaired) electrons. The van der Waals surface area contributed by atoms with Gasteiger partial charge in [0.2, 0.25) is 5.25 Å². The first-order valence-electron chi connectivity index (χ1n) is 13.4. The van der Waals surface area contributed by atoms with Gasteiger partial charge in [0.15, 0.2) is 0 Å². The number of para-hydroxylation sites is 2. The molecule has 0 aliphatic heterocycles. The highest BCUT2D eigenvalue weighted by Crippen LogP contribution is 2.38. The molecule has 5 nitrogen and oxygen atoms in total. The van der Waals surface area contributed by atoms with Crippen LogP contribution in [0.2, 0.25) is 0 Å². The van der Waals surface area contributed by atoms with Gasteiger partial charge in [0.05, 0.1) is 5.69 Å². The Kier molecular flexibility index (Phi) is 9.42. The molecule has 0 aliphatic rings. The van der Waals surface area contributed by atoms with Crippen LogP contribution in [0.3, 0.4) is 0 Å². The Hall–Kier alpha value is -3.12. The number of hydrogen-bond acceptors (Lipinski definition) is 4. The van der Waals surface area contributed by atoms with Crippen LogP contribution < -0.4 is 9.46 Å². The van der Waals surface area contributed by atoms with Crippen LogP contribution in [0.25, 0.3) is 0 Å². The smallest absolute Gasteiger partial charge is 0.336 e. The van der Waals surface area contributed by atoms with E-state index < -0.39 is 21.2 Å². The molecule has 0 fully saturated rings. The van der Waals surface area contributed by atoms with E-state index in [-0.39, 0.29) is 23.7 Å². The summed E-state index contributed by atoms with van der Waals surface area (Å²) in [5.41, 5.74) is 4.39. The lowest BCUT2D eigenvalue weighted by Gasteiger charge is -2.25. The van der Waals surface area contributed by atoms with Gasteiger partial charge >= 0.3 is 5.97 Å². The van der Waals surface area contributed by atoms with Gasteiger partial charge in [-0.05, 0) is 51.5 Å². The Bertz CT molecular complexity index is 1310. The number of carbonyl (C=O) groups is 1. The second kappa shape index (κ2) is 12.2. The van der Waals surface area contributed by atoms with Crippen LogP contribution in [0.15, 0.2) is 66.7 Å². The number of benzene rings is 3. The predicted molar refractivity (Wildman–Crippen MR) is 157 cm³/mol. The molecule has 204 valence electrons. The lowest BCUT2D eigenvalue weighted by molar-refractivity contribution is -0.134. The molecule has 0 saturated heterocycles. The van der Waals surface area contributed by atoms with Crippen molar-refractivity contribution in [3.63, 3.8) is 0 Å². The molecule has 3 rings (SSSR count). The van der Waals surface area contributed by atoms with Crippen molar-refractivity contribution in [3.05, 3.63) is 94.5 Å². The van der Waals surface area contributed by atoms with Crippen molar-refractivity contribution in [2.75, 3.05) is 4.72 Å². The van der Waals surface area contributed by atoms with E-state index in [1.807, 2.05) is 91.8 Å². The van der Waals surface area contributed by atoms with Crippen LogP contribution in [0.5, 0.6) is 5.75 Å². The van der Waals surface area contributed by atoms with Gasteiger partial charge < -0.3 is 4.74 Å². The number of anilines is 1. The van der Waals surface area contributed by atoms with Gasteiger partial charge in [-0.1, -0.05) is 122 Å². The van der Waals surface area contributed by atoms with E-state index in [2.05, 4.69) is 4.72 Å². The topological polar surface area (TPSA) is 72.5 Å². The summed E-state index contributed by atoms with van der Waals surface area (Å²) in [7, 11) is -4.25. The number of sulfonamides is 1. The zero-order chi connectivity index (χ0) is 28.2. The first-order chi connectivity index (χ1) is 17.8. The first kappa shape index (κ1) is 29.4. The molecule has 0 bridgehead atoms.